The topological polar surface area (TPSA) is 49.4 Å². The highest BCUT2D eigenvalue weighted by Gasteiger charge is 2.36. The third-order valence-electron chi connectivity index (χ3n) is 4.54. The monoisotopic (exact) mass is 332 g/mol. The predicted molar refractivity (Wildman–Crippen MR) is 94.3 cm³/mol. The molecule has 3 rings (SSSR count). The highest BCUT2D eigenvalue weighted by Crippen LogP contribution is 2.32. The number of nitrogens with zero attached hydrogens (tertiary/aromatic N) is 1. The number of rotatable bonds is 5. The Kier molecular flexibility index (Phi) is 5.26. The summed E-state index contributed by atoms with van der Waals surface area (Å²) in [5.74, 6) is 1.39. The van der Waals surface area contributed by atoms with Crippen molar-refractivity contribution >= 4 is 29.3 Å². The van der Waals surface area contributed by atoms with Crippen LogP contribution in [0.3, 0.4) is 0 Å². The van der Waals surface area contributed by atoms with Gasteiger partial charge in [-0.05, 0) is 49.6 Å². The summed E-state index contributed by atoms with van der Waals surface area (Å²) in [6.07, 6.45) is 5.90. The number of nitrogens with one attached hydrogen (secondary N) is 1. The Morgan fingerprint density at radius 2 is 2.09 bits per heavy atom. The number of piperidine rings is 1. The lowest BCUT2D eigenvalue weighted by atomic mass is 9.96. The molecule has 1 aromatic rings. The van der Waals surface area contributed by atoms with Crippen molar-refractivity contribution in [3.05, 3.63) is 29.8 Å². The number of carbonyl (C=O) groups is 2. The summed E-state index contributed by atoms with van der Waals surface area (Å²) in [6.45, 7) is 1.38. The van der Waals surface area contributed by atoms with Gasteiger partial charge >= 0.3 is 0 Å². The summed E-state index contributed by atoms with van der Waals surface area (Å²) in [4.78, 5) is 26.6. The van der Waals surface area contributed by atoms with Crippen LogP contribution >= 0.6 is 11.8 Å². The average molecular weight is 332 g/mol. The van der Waals surface area contributed by atoms with E-state index in [1.54, 1.807) is 11.8 Å². The zero-order valence-corrected chi connectivity index (χ0v) is 14.4. The van der Waals surface area contributed by atoms with Crippen LogP contribution in [0.2, 0.25) is 0 Å². The van der Waals surface area contributed by atoms with Crippen LogP contribution in [0.15, 0.2) is 24.3 Å². The molecule has 1 saturated heterocycles. The van der Waals surface area contributed by atoms with Gasteiger partial charge in [-0.2, -0.15) is 11.8 Å². The molecule has 0 aromatic heterocycles. The maximum Gasteiger partial charge on any atom is 0.229 e. The van der Waals surface area contributed by atoms with Crippen molar-refractivity contribution in [2.45, 2.75) is 31.4 Å². The molecule has 5 heteroatoms. The Labute approximate surface area is 142 Å². The molecule has 0 radical (unpaired) electrons. The molecule has 2 amide bonds. The molecule has 2 aliphatic rings. The first-order valence-corrected chi connectivity index (χ1v) is 9.74. The van der Waals surface area contributed by atoms with E-state index in [0.29, 0.717) is 6.54 Å². The van der Waals surface area contributed by atoms with E-state index in [9.17, 15) is 9.59 Å². The van der Waals surface area contributed by atoms with Gasteiger partial charge < -0.3 is 10.2 Å². The molecule has 1 aliphatic heterocycles. The molecule has 1 atom stereocenters. The lowest BCUT2D eigenvalue weighted by molar-refractivity contribution is -0.135. The number of hydrogen-bond acceptors (Lipinski definition) is 3. The van der Waals surface area contributed by atoms with E-state index >= 15 is 0 Å². The quantitative estimate of drug-likeness (QED) is 0.901. The van der Waals surface area contributed by atoms with E-state index in [2.05, 4.69) is 17.6 Å². The van der Waals surface area contributed by atoms with Crippen molar-refractivity contribution in [1.82, 2.24) is 4.90 Å². The third-order valence-corrected chi connectivity index (χ3v) is 5.16. The molecule has 1 heterocycles. The number of thioether (sulfide) groups is 1. The van der Waals surface area contributed by atoms with E-state index in [4.69, 9.17) is 0 Å². The van der Waals surface area contributed by atoms with Gasteiger partial charge in [-0.15, -0.1) is 0 Å². The van der Waals surface area contributed by atoms with Crippen molar-refractivity contribution in [2.24, 2.45) is 11.8 Å². The summed E-state index contributed by atoms with van der Waals surface area (Å²) in [5, 5.41) is 3.03. The smallest absolute Gasteiger partial charge is 0.229 e. The number of carbonyl (C=O) groups excluding carboxylic acids is 2. The first-order chi connectivity index (χ1) is 11.2. The van der Waals surface area contributed by atoms with Crippen LogP contribution in [0.1, 0.15) is 31.2 Å². The van der Waals surface area contributed by atoms with E-state index in [-0.39, 0.29) is 23.7 Å². The molecule has 0 spiro atoms. The lowest BCUT2D eigenvalue weighted by Gasteiger charge is -2.32. The summed E-state index contributed by atoms with van der Waals surface area (Å²) < 4.78 is 0. The maximum atomic E-state index is 12.5. The Morgan fingerprint density at radius 3 is 2.83 bits per heavy atom. The SMILES string of the molecule is CSCc1cccc(NC(=O)[C@H]2CCCN(C(=O)C3CC3)C2)c1. The van der Waals surface area contributed by atoms with Crippen LogP contribution in [0.25, 0.3) is 0 Å². The predicted octanol–water partition coefficient (Wildman–Crippen LogP) is 3.14. The van der Waals surface area contributed by atoms with Gasteiger partial charge in [0.05, 0.1) is 5.92 Å². The van der Waals surface area contributed by atoms with Gasteiger partial charge in [0.1, 0.15) is 0 Å². The van der Waals surface area contributed by atoms with Crippen molar-refractivity contribution < 1.29 is 9.59 Å². The van der Waals surface area contributed by atoms with E-state index in [0.717, 1.165) is 43.7 Å². The van der Waals surface area contributed by atoms with Gasteiger partial charge in [0, 0.05) is 30.4 Å². The van der Waals surface area contributed by atoms with Gasteiger partial charge in [-0.1, -0.05) is 12.1 Å². The van der Waals surface area contributed by atoms with Crippen molar-refractivity contribution in [3.63, 3.8) is 0 Å². The fraction of sp³-hybridized carbons (Fsp3) is 0.556. The van der Waals surface area contributed by atoms with Crippen LogP contribution in [-0.2, 0) is 15.3 Å². The summed E-state index contributed by atoms with van der Waals surface area (Å²) in [7, 11) is 0. The van der Waals surface area contributed by atoms with E-state index in [1.807, 2.05) is 23.1 Å². The zero-order chi connectivity index (χ0) is 16.2. The second-order valence-corrected chi connectivity index (χ2v) is 7.39. The van der Waals surface area contributed by atoms with Crippen LogP contribution in [0, 0.1) is 11.8 Å². The number of anilines is 1. The van der Waals surface area contributed by atoms with Crippen LogP contribution in [0.5, 0.6) is 0 Å². The van der Waals surface area contributed by atoms with Crippen LogP contribution in [0.4, 0.5) is 5.69 Å². The number of amides is 2. The molecule has 23 heavy (non-hydrogen) atoms. The number of benzene rings is 1. The molecule has 0 bridgehead atoms. The second kappa shape index (κ2) is 7.39. The van der Waals surface area contributed by atoms with Gasteiger partial charge in [0.25, 0.3) is 0 Å². The highest BCUT2D eigenvalue weighted by atomic mass is 32.2. The number of hydrogen-bond donors (Lipinski definition) is 1. The molecule has 0 unspecified atom stereocenters. The molecule has 4 nitrogen and oxygen atoms in total. The molecule has 1 aromatic carbocycles. The molecule has 124 valence electrons. The van der Waals surface area contributed by atoms with Crippen molar-refractivity contribution in [3.8, 4) is 0 Å². The lowest BCUT2D eigenvalue weighted by Crippen LogP contribution is -2.44. The molecular formula is C18H24N2O2S. The van der Waals surface area contributed by atoms with Gasteiger partial charge in [-0.3, -0.25) is 9.59 Å². The summed E-state index contributed by atoms with van der Waals surface area (Å²) in [5.41, 5.74) is 2.07. The second-order valence-electron chi connectivity index (χ2n) is 6.52. The van der Waals surface area contributed by atoms with Gasteiger partial charge in [0.2, 0.25) is 11.8 Å². The minimum absolute atomic E-state index is 0.0413. The average Bonchev–Trinajstić information content (AvgIpc) is 3.40. The summed E-state index contributed by atoms with van der Waals surface area (Å²) in [6, 6.07) is 8.01. The first kappa shape index (κ1) is 16.4. The Hall–Kier alpha value is -1.49. The number of likely N-dealkylation sites (tertiary alicyclic amines) is 1. The fourth-order valence-corrected chi connectivity index (χ4v) is 3.64. The summed E-state index contributed by atoms with van der Waals surface area (Å²) >= 11 is 1.77. The van der Waals surface area contributed by atoms with Gasteiger partial charge in [0.15, 0.2) is 0 Å². The van der Waals surface area contributed by atoms with E-state index < -0.39 is 0 Å². The molecular weight excluding hydrogens is 308 g/mol. The largest absolute Gasteiger partial charge is 0.342 e. The molecule has 1 saturated carbocycles. The molecule has 1 aliphatic carbocycles. The highest BCUT2D eigenvalue weighted by molar-refractivity contribution is 7.97. The molecule has 2 fully saturated rings. The zero-order valence-electron chi connectivity index (χ0n) is 13.6. The normalized spacial score (nSPS) is 21.1. The van der Waals surface area contributed by atoms with Crippen molar-refractivity contribution in [1.29, 1.82) is 0 Å². The first-order valence-electron chi connectivity index (χ1n) is 8.35. The fourth-order valence-electron chi connectivity index (χ4n) is 3.13. The van der Waals surface area contributed by atoms with Crippen LogP contribution in [-0.4, -0.2) is 36.1 Å². The minimum atomic E-state index is -0.0874. The van der Waals surface area contributed by atoms with Gasteiger partial charge in [-0.25, -0.2) is 0 Å². The third kappa shape index (κ3) is 4.28. The minimum Gasteiger partial charge on any atom is -0.342 e. The molecule has 1 N–H and O–H groups in total. The van der Waals surface area contributed by atoms with Crippen molar-refractivity contribution in [2.75, 3.05) is 24.7 Å². The van der Waals surface area contributed by atoms with E-state index in [1.165, 1.54) is 5.56 Å². The maximum absolute atomic E-state index is 12.5. The Morgan fingerprint density at radius 1 is 1.26 bits per heavy atom. The van der Waals surface area contributed by atoms with Crippen LogP contribution < -0.4 is 5.32 Å². The Balaban J connectivity index is 1.58. The standard InChI is InChI=1S/C18H24N2O2S/c1-23-12-13-4-2-6-16(10-13)19-17(21)15-5-3-9-20(11-15)18(22)14-7-8-14/h2,4,6,10,14-15H,3,5,7-9,11-12H2,1H3,(H,19,21)/t15-/m0/s1. The Bertz CT molecular complexity index is 586.